The van der Waals surface area contributed by atoms with E-state index in [-0.39, 0.29) is 42.1 Å². The summed E-state index contributed by atoms with van der Waals surface area (Å²) in [6.07, 6.45) is 0.935. The van der Waals surface area contributed by atoms with Crippen LogP contribution in [0.15, 0.2) is 42.5 Å². The standard InChI is InChI=1S/C25H30F2N4O2/c1-5-25(15(2)3)13-22(32)31(24(28)30-25)14-17-10-19(12-21(27)11-17)23(33)29-16(4)18-6-8-20(26)9-7-18/h6-12,15-16H,5,13-14H2,1-4H3,(H2,28,30)(H,29,33)/t16-,25-/m0/s1. The largest absolute Gasteiger partial charge is 0.350 e. The topological polar surface area (TPSA) is 85.3 Å². The van der Waals surface area contributed by atoms with Crippen LogP contribution < -0.4 is 10.6 Å². The van der Waals surface area contributed by atoms with Gasteiger partial charge in [-0.1, -0.05) is 32.9 Å². The molecule has 0 aromatic heterocycles. The SMILES string of the molecule is CC[C@@]1(C(C)C)CC(=O)N(Cc2cc(F)cc(C(=O)N[C@@H](C)c3ccc(F)cc3)c2)C(=N)N1. The van der Waals surface area contributed by atoms with Gasteiger partial charge in [-0.05, 0) is 60.7 Å². The summed E-state index contributed by atoms with van der Waals surface area (Å²) < 4.78 is 27.5. The third kappa shape index (κ3) is 5.38. The van der Waals surface area contributed by atoms with Crippen LogP contribution in [0.4, 0.5) is 8.78 Å². The second-order valence-electron chi connectivity index (χ2n) is 8.89. The molecule has 2 atom stereocenters. The van der Waals surface area contributed by atoms with Gasteiger partial charge < -0.3 is 10.6 Å². The molecule has 33 heavy (non-hydrogen) atoms. The maximum absolute atomic E-state index is 14.3. The van der Waals surface area contributed by atoms with Crippen LogP contribution in [0.3, 0.4) is 0 Å². The summed E-state index contributed by atoms with van der Waals surface area (Å²) in [6, 6.07) is 9.25. The number of benzene rings is 2. The van der Waals surface area contributed by atoms with E-state index in [2.05, 4.69) is 10.6 Å². The van der Waals surface area contributed by atoms with Crippen molar-refractivity contribution in [3.63, 3.8) is 0 Å². The minimum Gasteiger partial charge on any atom is -0.350 e. The van der Waals surface area contributed by atoms with E-state index in [4.69, 9.17) is 5.41 Å². The van der Waals surface area contributed by atoms with Crippen LogP contribution in [-0.2, 0) is 11.3 Å². The van der Waals surface area contributed by atoms with E-state index in [1.807, 2.05) is 20.8 Å². The highest BCUT2D eigenvalue weighted by Crippen LogP contribution is 2.30. The van der Waals surface area contributed by atoms with Crippen LogP contribution in [0.2, 0.25) is 0 Å². The summed E-state index contributed by atoms with van der Waals surface area (Å²) >= 11 is 0. The number of rotatable bonds is 7. The number of hydrogen-bond donors (Lipinski definition) is 3. The Morgan fingerprint density at radius 3 is 2.39 bits per heavy atom. The highest BCUT2D eigenvalue weighted by Gasteiger charge is 2.42. The van der Waals surface area contributed by atoms with Crippen LogP contribution >= 0.6 is 0 Å². The molecule has 1 heterocycles. The molecule has 1 saturated heterocycles. The molecule has 0 bridgehead atoms. The monoisotopic (exact) mass is 456 g/mol. The van der Waals surface area contributed by atoms with Crippen molar-refractivity contribution in [1.82, 2.24) is 15.5 Å². The lowest BCUT2D eigenvalue weighted by molar-refractivity contribution is -0.131. The average Bonchev–Trinajstić information content (AvgIpc) is 2.76. The van der Waals surface area contributed by atoms with E-state index in [9.17, 15) is 18.4 Å². The summed E-state index contributed by atoms with van der Waals surface area (Å²) in [4.78, 5) is 26.9. The van der Waals surface area contributed by atoms with Crippen LogP contribution in [-0.4, -0.2) is 28.2 Å². The van der Waals surface area contributed by atoms with E-state index in [1.165, 1.54) is 29.2 Å². The molecule has 0 unspecified atom stereocenters. The van der Waals surface area contributed by atoms with Crippen LogP contribution in [0.25, 0.3) is 0 Å². The molecule has 6 nitrogen and oxygen atoms in total. The van der Waals surface area contributed by atoms with Gasteiger partial charge in [-0.25, -0.2) is 8.78 Å². The van der Waals surface area contributed by atoms with Gasteiger partial charge in [0.25, 0.3) is 5.91 Å². The number of carbonyl (C=O) groups is 2. The molecule has 2 aromatic carbocycles. The Morgan fingerprint density at radius 1 is 1.15 bits per heavy atom. The van der Waals surface area contributed by atoms with E-state index in [1.54, 1.807) is 19.1 Å². The lowest BCUT2D eigenvalue weighted by Crippen LogP contribution is -2.63. The minimum atomic E-state index is -0.610. The molecule has 1 aliphatic rings. The third-order valence-electron chi connectivity index (χ3n) is 6.42. The van der Waals surface area contributed by atoms with Gasteiger partial charge >= 0.3 is 0 Å². The molecule has 3 rings (SSSR count). The number of carbonyl (C=O) groups excluding carboxylic acids is 2. The smallest absolute Gasteiger partial charge is 0.251 e. The lowest BCUT2D eigenvalue weighted by Gasteiger charge is -2.45. The Kier molecular flexibility index (Phi) is 7.15. The zero-order valence-electron chi connectivity index (χ0n) is 19.3. The van der Waals surface area contributed by atoms with Crippen LogP contribution in [0.5, 0.6) is 0 Å². The maximum atomic E-state index is 14.3. The summed E-state index contributed by atoms with van der Waals surface area (Å²) in [5, 5.41) is 14.3. The fraction of sp³-hybridized carbons (Fsp3) is 0.400. The Balaban J connectivity index is 1.75. The van der Waals surface area contributed by atoms with Gasteiger partial charge in [0, 0.05) is 5.56 Å². The summed E-state index contributed by atoms with van der Waals surface area (Å²) in [7, 11) is 0. The first kappa shape index (κ1) is 24.4. The molecular weight excluding hydrogens is 426 g/mol. The average molecular weight is 457 g/mol. The molecule has 0 radical (unpaired) electrons. The van der Waals surface area contributed by atoms with Gasteiger partial charge in [0.1, 0.15) is 11.6 Å². The quantitative estimate of drug-likeness (QED) is 0.573. The van der Waals surface area contributed by atoms with Crippen molar-refractivity contribution in [1.29, 1.82) is 5.41 Å². The van der Waals surface area contributed by atoms with Crippen molar-refractivity contribution in [2.24, 2.45) is 5.92 Å². The third-order valence-corrected chi connectivity index (χ3v) is 6.42. The first-order chi connectivity index (χ1) is 15.5. The minimum absolute atomic E-state index is 0.0197. The summed E-state index contributed by atoms with van der Waals surface area (Å²) in [5.74, 6) is -1.56. The number of halogens is 2. The van der Waals surface area contributed by atoms with E-state index >= 15 is 0 Å². The molecule has 1 fully saturated rings. The number of amides is 2. The molecule has 0 aliphatic carbocycles. The molecule has 2 amide bonds. The van der Waals surface area contributed by atoms with Crippen molar-refractivity contribution >= 4 is 17.8 Å². The molecule has 8 heteroatoms. The molecule has 2 aromatic rings. The number of nitrogens with zero attached hydrogens (tertiary/aromatic N) is 1. The van der Waals surface area contributed by atoms with Gasteiger partial charge in [0.2, 0.25) is 5.91 Å². The lowest BCUT2D eigenvalue weighted by atomic mass is 9.79. The second-order valence-corrected chi connectivity index (χ2v) is 8.89. The van der Waals surface area contributed by atoms with Crippen LogP contribution in [0, 0.1) is 23.0 Å². The normalized spacial score (nSPS) is 19.4. The predicted octanol–water partition coefficient (Wildman–Crippen LogP) is 4.52. The van der Waals surface area contributed by atoms with Crippen molar-refractivity contribution in [3.8, 4) is 0 Å². The van der Waals surface area contributed by atoms with E-state index in [0.29, 0.717) is 17.5 Å². The molecule has 3 N–H and O–H groups in total. The first-order valence-electron chi connectivity index (χ1n) is 11.1. The zero-order valence-corrected chi connectivity index (χ0v) is 19.3. The van der Waals surface area contributed by atoms with E-state index < -0.39 is 23.3 Å². The highest BCUT2D eigenvalue weighted by atomic mass is 19.1. The Morgan fingerprint density at radius 2 is 1.82 bits per heavy atom. The summed E-state index contributed by atoms with van der Waals surface area (Å²) in [6.45, 7) is 7.73. The van der Waals surface area contributed by atoms with Crippen molar-refractivity contribution in [2.75, 3.05) is 0 Å². The zero-order chi connectivity index (χ0) is 24.3. The first-order valence-corrected chi connectivity index (χ1v) is 11.1. The Hall–Kier alpha value is -3.29. The molecule has 0 spiro atoms. The molecule has 0 saturated carbocycles. The van der Waals surface area contributed by atoms with Crippen molar-refractivity contribution < 1.29 is 18.4 Å². The van der Waals surface area contributed by atoms with Gasteiger partial charge in [-0.2, -0.15) is 0 Å². The van der Waals surface area contributed by atoms with Gasteiger partial charge in [-0.15, -0.1) is 0 Å². The molecule has 1 aliphatic heterocycles. The maximum Gasteiger partial charge on any atom is 0.251 e. The second kappa shape index (κ2) is 9.68. The van der Waals surface area contributed by atoms with Crippen molar-refractivity contribution in [2.45, 2.75) is 58.7 Å². The van der Waals surface area contributed by atoms with Gasteiger partial charge in [0.15, 0.2) is 5.96 Å². The van der Waals surface area contributed by atoms with Gasteiger partial charge in [0.05, 0.1) is 24.5 Å². The molecule has 176 valence electrons. The number of hydrogen-bond acceptors (Lipinski definition) is 3. The number of nitrogens with one attached hydrogen (secondary N) is 3. The fourth-order valence-electron chi connectivity index (χ4n) is 4.14. The highest BCUT2D eigenvalue weighted by molar-refractivity contribution is 5.99. The fourth-order valence-corrected chi connectivity index (χ4v) is 4.14. The Bertz CT molecular complexity index is 1030. The molecular formula is C25H30F2N4O2. The van der Waals surface area contributed by atoms with E-state index in [0.717, 1.165) is 6.07 Å². The Labute approximate surface area is 192 Å². The predicted molar refractivity (Wildman–Crippen MR) is 123 cm³/mol. The van der Waals surface area contributed by atoms with Crippen LogP contribution in [0.1, 0.15) is 68.1 Å². The summed E-state index contributed by atoms with van der Waals surface area (Å²) in [5.41, 5.74) is 0.745. The van der Waals surface area contributed by atoms with Crippen molar-refractivity contribution in [3.05, 3.63) is 70.8 Å². The van der Waals surface area contributed by atoms with Gasteiger partial charge in [-0.3, -0.25) is 19.9 Å². The number of guanidine groups is 1.